The summed E-state index contributed by atoms with van der Waals surface area (Å²) in [7, 11) is 1.84. The molecule has 1 rings (SSSR count). The van der Waals surface area contributed by atoms with Crippen molar-refractivity contribution in [2.45, 2.75) is 50.8 Å². The van der Waals surface area contributed by atoms with E-state index in [0.717, 1.165) is 37.4 Å². The van der Waals surface area contributed by atoms with Crippen LogP contribution in [0, 0.1) is 5.92 Å². The Kier molecular flexibility index (Phi) is 13.0. The highest BCUT2D eigenvalue weighted by molar-refractivity contribution is 14.0. The number of nitrogens with zero attached hydrogens (tertiary/aromatic N) is 1. The topological polar surface area (TPSA) is 45.7 Å². The fraction of sp³-hybridized carbons (Fsp3) is 0.933. The van der Waals surface area contributed by atoms with Gasteiger partial charge in [-0.1, -0.05) is 13.8 Å². The number of nitrogens with one attached hydrogen (secondary N) is 2. The van der Waals surface area contributed by atoms with Crippen LogP contribution in [0.1, 0.15) is 39.5 Å². The number of aliphatic imine (C=N–C) groups is 1. The van der Waals surface area contributed by atoms with Gasteiger partial charge in [0.15, 0.2) is 5.96 Å². The molecule has 2 atom stereocenters. The molecule has 6 heteroatoms. The Labute approximate surface area is 151 Å². The number of ether oxygens (including phenoxy) is 1. The molecule has 1 aliphatic rings. The maximum absolute atomic E-state index is 5.57. The van der Waals surface area contributed by atoms with Gasteiger partial charge in [-0.05, 0) is 37.9 Å². The van der Waals surface area contributed by atoms with Crippen molar-refractivity contribution in [1.29, 1.82) is 0 Å². The fourth-order valence-electron chi connectivity index (χ4n) is 2.37. The molecule has 0 heterocycles. The monoisotopic (exact) mass is 429 g/mol. The molecule has 0 aromatic rings. The van der Waals surface area contributed by atoms with E-state index < -0.39 is 0 Å². The number of rotatable bonds is 8. The van der Waals surface area contributed by atoms with Crippen molar-refractivity contribution >= 4 is 41.7 Å². The van der Waals surface area contributed by atoms with Crippen LogP contribution in [0.5, 0.6) is 0 Å². The third kappa shape index (κ3) is 9.84. The van der Waals surface area contributed by atoms with Crippen LogP contribution < -0.4 is 10.6 Å². The van der Waals surface area contributed by atoms with Crippen molar-refractivity contribution in [1.82, 2.24) is 10.6 Å². The van der Waals surface area contributed by atoms with Gasteiger partial charge in [0.25, 0.3) is 0 Å². The molecule has 0 aromatic carbocycles. The van der Waals surface area contributed by atoms with E-state index >= 15 is 0 Å². The Morgan fingerprint density at radius 3 is 2.71 bits per heavy atom. The lowest BCUT2D eigenvalue weighted by Crippen LogP contribution is -2.43. The van der Waals surface area contributed by atoms with Crippen LogP contribution in [0.25, 0.3) is 0 Å². The van der Waals surface area contributed by atoms with Crippen molar-refractivity contribution in [3.05, 3.63) is 0 Å². The maximum Gasteiger partial charge on any atom is 0.191 e. The highest BCUT2D eigenvalue weighted by Crippen LogP contribution is 2.27. The molecule has 1 aliphatic carbocycles. The van der Waals surface area contributed by atoms with Crippen molar-refractivity contribution in [2.75, 3.05) is 33.1 Å². The molecule has 2 N–H and O–H groups in total. The Morgan fingerprint density at radius 1 is 1.38 bits per heavy atom. The molecule has 2 unspecified atom stereocenters. The van der Waals surface area contributed by atoms with Crippen LogP contribution in [0.3, 0.4) is 0 Å². The number of halogens is 1. The van der Waals surface area contributed by atoms with E-state index in [1.807, 2.05) is 18.8 Å². The quantitative estimate of drug-likeness (QED) is 0.269. The van der Waals surface area contributed by atoms with Gasteiger partial charge in [-0.3, -0.25) is 4.99 Å². The van der Waals surface area contributed by atoms with E-state index in [9.17, 15) is 0 Å². The second-order valence-corrected chi connectivity index (χ2v) is 6.97. The van der Waals surface area contributed by atoms with Gasteiger partial charge in [-0.25, -0.2) is 0 Å². The van der Waals surface area contributed by atoms with Gasteiger partial charge in [0.2, 0.25) is 0 Å². The van der Waals surface area contributed by atoms with Crippen LogP contribution in [-0.2, 0) is 4.74 Å². The summed E-state index contributed by atoms with van der Waals surface area (Å²) in [6.45, 7) is 6.93. The molecule has 4 nitrogen and oxygen atoms in total. The molecule has 1 fully saturated rings. The largest absolute Gasteiger partial charge is 0.381 e. The third-order valence-electron chi connectivity index (χ3n) is 3.49. The first-order valence-electron chi connectivity index (χ1n) is 7.73. The average molecular weight is 429 g/mol. The van der Waals surface area contributed by atoms with Gasteiger partial charge < -0.3 is 15.4 Å². The first-order valence-corrected chi connectivity index (χ1v) is 9.02. The molecule has 0 saturated heterocycles. The minimum Gasteiger partial charge on any atom is -0.381 e. The molecule has 126 valence electrons. The summed E-state index contributed by atoms with van der Waals surface area (Å²) < 4.78 is 5.57. The van der Waals surface area contributed by atoms with Crippen LogP contribution in [-0.4, -0.2) is 50.3 Å². The molecule has 0 aliphatic heterocycles. The van der Waals surface area contributed by atoms with Crippen LogP contribution in [0.15, 0.2) is 4.99 Å². The van der Waals surface area contributed by atoms with Gasteiger partial charge in [-0.2, -0.15) is 11.8 Å². The van der Waals surface area contributed by atoms with Crippen LogP contribution >= 0.6 is 35.7 Å². The predicted molar refractivity (Wildman–Crippen MR) is 105 cm³/mol. The van der Waals surface area contributed by atoms with E-state index in [4.69, 9.17) is 4.74 Å². The molecule has 1 saturated carbocycles. The van der Waals surface area contributed by atoms with Crippen LogP contribution in [0.4, 0.5) is 0 Å². The first kappa shape index (κ1) is 21.3. The van der Waals surface area contributed by atoms with Gasteiger partial charge >= 0.3 is 0 Å². The SMILES string of the molecule is CN=C(NCCCOCC(C)C)NC1CCC(SC)C1.I. The Morgan fingerprint density at radius 2 is 2.14 bits per heavy atom. The summed E-state index contributed by atoms with van der Waals surface area (Å²) in [4.78, 5) is 4.30. The van der Waals surface area contributed by atoms with Crippen molar-refractivity contribution < 1.29 is 4.74 Å². The van der Waals surface area contributed by atoms with Crippen molar-refractivity contribution in [3.63, 3.8) is 0 Å². The first-order chi connectivity index (χ1) is 9.65. The standard InChI is InChI=1S/C15H31N3OS.HI/c1-12(2)11-19-9-5-8-17-15(16-3)18-13-6-7-14(10-13)20-4;/h12-14H,5-11H2,1-4H3,(H2,16,17,18);1H. The van der Waals surface area contributed by atoms with Gasteiger partial charge in [0, 0.05) is 38.1 Å². The second kappa shape index (κ2) is 12.8. The summed E-state index contributed by atoms with van der Waals surface area (Å²) in [5, 5.41) is 7.71. The number of guanidine groups is 1. The molecular weight excluding hydrogens is 397 g/mol. The summed E-state index contributed by atoms with van der Waals surface area (Å²) in [5.41, 5.74) is 0. The normalized spacial score (nSPS) is 22.2. The number of thioether (sulfide) groups is 1. The highest BCUT2D eigenvalue weighted by Gasteiger charge is 2.24. The summed E-state index contributed by atoms with van der Waals surface area (Å²) >= 11 is 1.98. The van der Waals surface area contributed by atoms with E-state index in [-0.39, 0.29) is 24.0 Å². The van der Waals surface area contributed by atoms with Crippen molar-refractivity contribution in [2.24, 2.45) is 10.9 Å². The highest BCUT2D eigenvalue weighted by atomic mass is 127. The lowest BCUT2D eigenvalue weighted by atomic mass is 10.2. The average Bonchev–Trinajstić information content (AvgIpc) is 2.88. The van der Waals surface area contributed by atoms with Gasteiger partial charge in [0.05, 0.1) is 0 Å². The molecule has 0 aromatic heterocycles. The summed E-state index contributed by atoms with van der Waals surface area (Å²) in [5.74, 6) is 1.55. The summed E-state index contributed by atoms with van der Waals surface area (Å²) in [6.07, 6.45) is 7.05. The Hall–Kier alpha value is 0.310. The van der Waals surface area contributed by atoms with Crippen molar-refractivity contribution in [3.8, 4) is 0 Å². The Balaban J connectivity index is 0.00000400. The van der Waals surface area contributed by atoms with Gasteiger partial charge in [-0.15, -0.1) is 24.0 Å². The zero-order valence-electron chi connectivity index (χ0n) is 13.9. The molecule has 21 heavy (non-hydrogen) atoms. The zero-order chi connectivity index (χ0) is 14.8. The Bertz CT molecular complexity index is 290. The third-order valence-corrected chi connectivity index (χ3v) is 4.59. The summed E-state index contributed by atoms with van der Waals surface area (Å²) in [6, 6.07) is 0.579. The van der Waals surface area contributed by atoms with E-state index in [1.54, 1.807) is 0 Å². The lowest BCUT2D eigenvalue weighted by Gasteiger charge is -2.17. The molecule has 0 bridgehead atoms. The van der Waals surface area contributed by atoms with Crippen LogP contribution in [0.2, 0.25) is 0 Å². The predicted octanol–water partition coefficient (Wildman–Crippen LogP) is 3.12. The smallest absolute Gasteiger partial charge is 0.191 e. The second-order valence-electron chi connectivity index (χ2n) is 5.83. The number of hydrogen-bond donors (Lipinski definition) is 2. The molecule has 0 spiro atoms. The van der Waals surface area contributed by atoms with E-state index in [2.05, 4.69) is 35.7 Å². The lowest BCUT2D eigenvalue weighted by molar-refractivity contribution is 0.108. The zero-order valence-corrected chi connectivity index (χ0v) is 17.0. The molecule has 0 radical (unpaired) electrons. The molecule has 0 amide bonds. The fourth-order valence-corrected chi connectivity index (χ4v) is 3.17. The van der Waals surface area contributed by atoms with Gasteiger partial charge in [0.1, 0.15) is 0 Å². The maximum atomic E-state index is 5.57. The molecular formula is C15H32IN3OS. The minimum atomic E-state index is 0. The van der Waals surface area contributed by atoms with E-state index in [0.29, 0.717) is 12.0 Å². The minimum absolute atomic E-state index is 0. The van der Waals surface area contributed by atoms with E-state index in [1.165, 1.54) is 19.3 Å². The number of hydrogen-bond acceptors (Lipinski definition) is 3.